The average molecular weight is 376 g/mol. The van der Waals surface area contributed by atoms with Gasteiger partial charge in [0.15, 0.2) is 11.5 Å². The van der Waals surface area contributed by atoms with Crippen LogP contribution in [0.15, 0.2) is 34.1 Å². The summed E-state index contributed by atoms with van der Waals surface area (Å²) in [7, 11) is 0. The number of rotatable bonds is 6. The molecule has 2 rings (SSSR count). The Morgan fingerprint density at radius 3 is 2.40 bits per heavy atom. The summed E-state index contributed by atoms with van der Waals surface area (Å²) in [4.78, 5) is 1.11. The molecule has 1 unspecified atom stereocenters. The summed E-state index contributed by atoms with van der Waals surface area (Å²) in [5, 5.41) is 1.83. The van der Waals surface area contributed by atoms with Gasteiger partial charge >= 0.3 is 0 Å². The lowest BCUT2D eigenvalue weighted by Gasteiger charge is -2.16. The van der Waals surface area contributed by atoms with Crippen molar-refractivity contribution in [1.82, 2.24) is 0 Å². The van der Waals surface area contributed by atoms with Gasteiger partial charge in [-0.15, -0.1) is 22.9 Å². The Morgan fingerprint density at radius 1 is 1.20 bits per heavy atom. The summed E-state index contributed by atoms with van der Waals surface area (Å²) in [6.45, 7) is 5.09. The molecule has 0 saturated heterocycles. The van der Waals surface area contributed by atoms with Gasteiger partial charge in [-0.05, 0) is 43.0 Å². The number of alkyl halides is 1. The summed E-state index contributed by atoms with van der Waals surface area (Å²) in [5.41, 5.74) is 0.987. The largest absolute Gasteiger partial charge is 0.490 e. The van der Waals surface area contributed by atoms with E-state index >= 15 is 0 Å². The van der Waals surface area contributed by atoms with E-state index < -0.39 is 0 Å². The van der Waals surface area contributed by atoms with Crippen molar-refractivity contribution < 1.29 is 9.47 Å². The van der Waals surface area contributed by atoms with Crippen molar-refractivity contribution in [3.05, 3.63) is 44.6 Å². The normalized spacial score (nSPS) is 12.2. The minimum absolute atomic E-state index is 0.195. The minimum atomic E-state index is -0.195. The lowest BCUT2D eigenvalue weighted by molar-refractivity contribution is 0.287. The predicted molar refractivity (Wildman–Crippen MR) is 88.5 cm³/mol. The van der Waals surface area contributed by atoms with Crippen molar-refractivity contribution in [2.75, 3.05) is 13.2 Å². The van der Waals surface area contributed by atoms with Gasteiger partial charge in [-0.2, -0.15) is 0 Å². The smallest absolute Gasteiger partial charge is 0.162 e. The summed E-state index contributed by atoms with van der Waals surface area (Å²) < 4.78 is 12.2. The fraction of sp³-hybridized carbons (Fsp3) is 0.333. The van der Waals surface area contributed by atoms with Gasteiger partial charge in [-0.25, -0.2) is 0 Å². The molecule has 1 heterocycles. The molecule has 0 spiro atoms. The Labute approximate surface area is 136 Å². The lowest BCUT2D eigenvalue weighted by atomic mass is 10.1. The van der Waals surface area contributed by atoms with E-state index in [1.807, 2.05) is 43.5 Å². The van der Waals surface area contributed by atoms with Crippen molar-refractivity contribution in [2.45, 2.75) is 19.2 Å². The van der Waals surface area contributed by atoms with Crippen molar-refractivity contribution in [2.24, 2.45) is 0 Å². The van der Waals surface area contributed by atoms with E-state index in [4.69, 9.17) is 21.1 Å². The Kier molecular flexibility index (Phi) is 5.75. The quantitative estimate of drug-likeness (QED) is 0.609. The van der Waals surface area contributed by atoms with Crippen LogP contribution in [-0.4, -0.2) is 13.2 Å². The Balaban J connectivity index is 2.40. The van der Waals surface area contributed by atoms with Gasteiger partial charge in [-0.1, -0.05) is 22.0 Å². The molecule has 1 atom stereocenters. The molecular formula is C15H16BrClO2S. The Hall–Kier alpha value is -0.710. The molecule has 0 amide bonds. The summed E-state index contributed by atoms with van der Waals surface area (Å²) >= 11 is 11.8. The Morgan fingerprint density at radius 2 is 1.85 bits per heavy atom. The van der Waals surface area contributed by atoms with Gasteiger partial charge in [0, 0.05) is 9.35 Å². The van der Waals surface area contributed by atoms with Gasteiger partial charge in [-0.3, -0.25) is 0 Å². The highest BCUT2D eigenvalue weighted by molar-refractivity contribution is 9.10. The second kappa shape index (κ2) is 7.34. The van der Waals surface area contributed by atoms with E-state index in [0.717, 1.165) is 26.4 Å². The third-order valence-electron chi connectivity index (χ3n) is 2.73. The molecule has 0 saturated carbocycles. The standard InChI is InChI=1S/C15H16BrClO2S/c1-3-18-12-8-10(11(16)9-13(12)19-4-2)15(17)14-6-5-7-20-14/h5-9,15H,3-4H2,1-2H3. The first-order chi connectivity index (χ1) is 9.67. The average Bonchev–Trinajstić information content (AvgIpc) is 2.95. The topological polar surface area (TPSA) is 18.5 Å². The molecular weight excluding hydrogens is 360 g/mol. The van der Waals surface area contributed by atoms with E-state index in [9.17, 15) is 0 Å². The molecule has 1 aromatic carbocycles. The van der Waals surface area contributed by atoms with Gasteiger partial charge in [0.2, 0.25) is 0 Å². The molecule has 108 valence electrons. The predicted octanol–water partition coefficient (Wildman–Crippen LogP) is 5.64. The van der Waals surface area contributed by atoms with Crippen LogP contribution < -0.4 is 9.47 Å². The number of benzene rings is 1. The molecule has 0 radical (unpaired) electrons. The molecule has 0 aliphatic carbocycles. The van der Waals surface area contributed by atoms with Crippen LogP contribution in [0.4, 0.5) is 0 Å². The van der Waals surface area contributed by atoms with Crippen molar-refractivity contribution in [3.8, 4) is 11.5 Å². The van der Waals surface area contributed by atoms with E-state index in [1.54, 1.807) is 11.3 Å². The summed E-state index contributed by atoms with van der Waals surface area (Å²) in [6.07, 6.45) is 0. The van der Waals surface area contributed by atoms with Crippen LogP contribution in [-0.2, 0) is 0 Å². The van der Waals surface area contributed by atoms with Crippen LogP contribution in [0.5, 0.6) is 11.5 Å². The molecule has 2 nitrogen and oxygen atoms in total. The summed E-state index contributed by atoms with van der Waals surface area (Å²) in [6, 6.07) is 7.91. The SMILES string of the molecule is CCOc1cc(Br)c(C(Cl)c2cccs2)cc1OCC. The third-order valence-corrected chi connectivity index (χ3v) is 4.95. The van der Waals surface area contributed by atoms with E-state index in [2.05, 4.69) is 15.9 Å². The number of ether oxygens (including phenoxy) is 2. The van der Waals surface area contributed by atoms with Crippen molar-refractivity contribution in [3.63, 3.8) is 0 Å². The van der Waals surface area contributed by atoms with E-state index in [1.165, 1.54) is 0 Å². The molecule has 0 aliphatic rings. The monoisotopic (exact) mass is 374 g/mol. The molecule has 0 bridgehead atoms. The number of hydrogen-bond acceptors (Lipinski definition) is 3. The fourth-order valence-electron chi connectivity index (χ4n) is 1.87. The Bertz CT molecular complexity index is 557. The summed E-state index contributed by atoms with van der Waals surface area (Å²) in [5.74, 6) is 1.47. The number of halogens is 2. The zero-order valence-electron chi connectivity index (χ0n) is 11.4. The maximum Gasteiger partial charge on any atom is 0.162 e. The fourth-order valence-corrected chi connectivity index (χ4v) is 3.68. The maximum absolute atomic E-state index is 6.56. The molecule has 0 fully saturated rings. The first-order valence-electron chi connectivity index (χ1n) is 6.43. The van der Waals surface area contributed by atoms with Crippen LogP contribution in [0, 0.1) is 0 Å². The highest BCUT2D eigenvalue weighted by Crippen LogP contribution is 2.41. The third kappa shape index (κ3) is 3.48. The van der Waals surface area contributed by atoms with Crippen LogP contribution in [0.1, 0.15) is 29.7 Å². The molecule has 5 heteroatoms. The van der Waals surface area contributed by atoms with Crippen LogP contribution >= 0.6 is 38.9 Å². The van der Waals surface area contributed by atoms with Gasteiger partial charge in [0.05, 0.1) is 18.6 Å². The number of hydrogen-bond donors (Lipinski definition) is 0. The van der Waals surface area contributed by atoms with Crippen molar-refractivity contribution >= 4 is 38.9 Å². The van der Waals surface area contributed by atoms with Gasteiger partial charge in [0.1, 0.15) is 0 Å². The molecule has 20 heavy (non-hydrogen) atoms. The second-order valence-corrected chi connectivity index (χ2v) is 6.33. The molecule has 2 aromatic rings. The zero-order chi connectivity index (χ0) is 14.5. The van der Waals surface area contributed by atoms with Crippen LogP contribution in [0.25, 0.3) is 0 Å². The van der Waals surface area contributed by atoms with Crippen LogP contribution in [0.2, 0.25) is 0 Å². The molecule has 1 aromatic heterocycles. The molecule has 0 aliphatic heterocycles. The minimum Gasteiger partial charge on any atom is -0.490 e. The number of thiophene rings is 1. The maximum atomic E-state index is 6.56. The second-order valence-electron chi connectivity index (χ2n) is 4.06. The van der Waals surface area contributed by atoms with E-state index in [0.29, 0.717) is 13.2 Å². The highest BCUT2D eigenvalue weighted by atomic mass is 79.9. The van der Waals surface area contributed by atoms with Gasteiger partial charge in [0.25, 0.3) is 0 Å². The first-order valence-corrected chi connectivity index (χ1v) is 8.54. The van der Waals surface area contributed by atoms with Crippen molar-refractivity contribution in [1.29, 1.82) is 0 Å². The highest BCUT2D eigenvalue weighted by Gasteiger charge is 2.19. The van der Waals surface area contributed by atoms with Gasteiger partial charge < -0.3 is 9.47 Å². The van der Waals surface area contributed by atoms with E-state index in [-0.39, 0.29) is 5.38 Å². The lowest BCUT2D eigenvalue weighted by Crippen LogP contribution is -2.01. The zero-order valence-corrected chi connectivity index (χ0v) is 14.5. The molecule has 0 N–H and O–H groups in total. The van der Waals surface area contributed by atoms with Crippen LogP contribution in [0.3, 0.4) is 0 Å². The first kappa shape index (κ1) is 15.7.